The summed E-state index contributed by atoms with van der Waals surface area (Å²) in [5.41, 5.74) is 10.7. The minimum Gasteiger partial charge on any atom is -0.248 e. The molecule has 0 unspecified atom stereocenters. The summed E-state index contributed by atoms with van der Waals surface area (Å²) in [6.45, 7) is 2.18. The summed E-state index contributed by atoms with van der Waals surface area (Å²) in [5.74, 6) is 2.19. The summed E-state index contributed by atoms with van der Waals surface area (Å²) in [5, 5.41) is 10.1. The van der Waals surface area contributed by atoms with E-state index < -0.39 is 0 Å². The number of hydrogen-bond donors (Lipinski definition) is 0. The molecule has 0 bridgehead atoms. The predicted molar refractivity (Wildman–Crippen MR) is 225 cm³/mol. The molecule has 0 radical (unpaired) electrons. The number of aryl methyl sites for hydroxylation is 3. The Morgan fingerprint density at radius 2 is 0.750 bits per heavy atom. The monoisotopic (exact) mass is 687 g/mol. The topological polar surface area (TPSA) is 38.7 Å². The zero-order chi connectivity index (χ0) is 34.9. The van der Waals surface area contributed by atoms with Gasteiger partial charge in [0.15, 0.2) is 0 Å². The quantitative estimate of drug-likeness (QED) is 0.0991. The Kier molecular flexibility index (Phi) is 8.67. The van der Waals surface area contributed by atoms with Crippen LogP contribution in [-0.2, 0) is 12.8 Å². The highest BCUT2D eigenvalue weighted by Gasteiger charge is 2.11. The molecular formula is C48H37N3S. The maximum Gasteiger partial charge on any atom is 0.0790 e. The molecule has 7 aromatic carbocycles. The SMILES string of the molecule is Cc1c2ccccc2nc2c1ccc1ccccc12.c1ccc2c(CCSCCc3c4ccccc4nc4ccccc34)c3ccccc3nc2c1. The highest BCUT2D eigenvalue weighted by Crippen LogP contribution is 2.31. The van der Waals surface area contributed by atoms with Gasteiger partial charge in [0.25, 0.3) is 0 Å². The minimum absolute atomic E-state index is 1.05. The van der Waals surface area contributed by atoms with Crippen molar-refractivity contribution in [3.05, 3.63) is 174 Å². The summed E-state index contributed by atoms with van der Waals surface area (Å²) in [4.78, 5) is 14.6. The molecule has 52 heavy (non-hydrogen) atoms. The second kappa shape index (κ2) is 14.1. The van der Waals surface area contributed by atoms with Crippen LogP contribution in [0.15, 0.2) is 158 Å². The van der Waals surface area contributed by atoms with Crippen LogP contribution in [0.5, 0.6) is 0 Å². The molecule has 4 heteroatoms. The average molecular weight is 688 g/mol. The van der Waals surface area contributed by atoms with Gasteiger partial charge in [-0.05, 0) is 83.7 Å². The van der Waals surface area contributed by atoms with E-state index in [2.05, 4.69) is 159 Å². The second-order valence-electron chi connectivity index (χ2n) is 13.3. The van der Waals surface area contributed by atoms with Crippen molar-refractivity contribution in [2.24, 2.45) is 0 Å². The van der Waals surface area contributed by atoms with E-state index in [-0.39, 0.29) is 0 Å². The van der Waals surface area contributed by atoms with Crippen LogP contribution in [0.4, 0.5) is 0 Å². The number of rotatable bonds is 6. The fourth-order valence-electron chi connectivity index (χ4n) is 7.68. The molecule has 0 saturated heterocycles. The van der Waals surface area contributed by atoms with Gasteiger partial charge in [-0.3, -0.25) is 0 Å². The van der Waals surface area contributed by atoms with Gasteiger partial charge in [-0.2, -0.15) is 11.8 Å². The number of aromatic nitrogens is 3. The largest absolute Gasteiger partial charge is 0.248 e. The van der Waals surface area contributed by atoms with Gasteiger partial charge in [-0.15, -0.1) is 0 Å². The van der Waals surface area contributed by atoms with Gasteiger partial charge in [0.2, 0.25) is 0 Å². The van der Waals surface area contributed by atoms with Crippen molar-refractivity contribution >= 4 is 88.0 Å². The fraction of sp³-hybridized carbons (Fsp3) is 0.104. The van der Waals surface area contributed by atoms with E-state index in [9.17, 15) is 0 Å². The number of para-hydroxylation sites is 5. The average Bonchev–Trinajstić information content (AvgIpc) is 3.20. The fourth-order valence-corrected chi connectivity index (χ4v) is 8.58. The van der Waals surface area contributed by atoms with Crippen LogP contribution in [0.25, 0.3) is 76.2 Å². The lowest BCUT2D eigenvalue weighted by atomic mass is 10.00. The molecule has 0 atom stereocenters. The maximum absolute atomic E-state index is 4.87. The van der Waals surface area contributed by atoms with Crippen molar-refractivity contribution in [1.82, 2.24) is 15.0 Å². The van der Waals surface area contributed by atoms with Crippen molar-refractivity contribution in [3.63, 3.8) is 0 Å². The summed E-state index contributed by atoms with van der Waals surface area (Å²) in [6.07, 6.45) is 2.10. The third-order valence-electron chi connectivity index (χ3n) is 10.2. The van der Waals surface area contributed by atoms with Gasteiger partial charge in [0.05, 0.1) is 33.1 Å². The Morgan fingerprint density at radius 3 is 1.23 bits per heavy atom. The van der Waals surface area contributed by atoms with Crippen molar-refractivity contribution in [2.45, 2.75) is 19.8 Å². The standard InChI is InChI=1S/C30H24N2S.C18H13N/c1-5-13-27-23(9-1)21(24-10-2-6-14-28(24)31-27)17-19-33-20-18-22-25-11-3-7-15-29(25)32-30-16-8-4-12-26(22)30;1-12-14-7-4-5-9-17(14)19-18-15(12)11-10-13-6-2-3-8-16(13)18/h1-16H,17-20H2;2-11H,1H3. The molecule has 0 saturated carbocycles. The molecule has 0 spiro atoms. The Bertz CT molecular complexity index is 2690. The Morgan fingerprint density at radius 1 is 0.365 bits per heavy atom. The zero-order valence-electron chi connectivity index (χ0n) is 29.1. The normalized spacial score (nSPS) is 11.6. The van der Waals surface area contributed by atoms with E-state index >= 15 is 0 Å². The van der Waals surface area contributed by atoms with E-state index in [4.69, 9.17) is 15.0 Å². The number of hydrogen-bond acceptors (Lipinski definition) is 4. The van der Waals surface area contributed by atoms with Crippen molar-refractivity contribution in [3.8, 4) is 0 Å². The Hall–Kier alpha value is -5.84. The number of benzene rings is 7. The molecule has 250 valence electrons. The lowest BCUT2D eigenvalue weighted by Crippen LogP contribution is -1.98. The molecule has 0 aliphatic rings. The second-order valence-corrected chi connectivity index (χ2v) is 14.5. The molecule has 0 aliphatic carbocycles. The summed E-state index contributed by atoms with van der Waals surface area (Å²) >= 11 is 2.04. The van der Waals surface area contributed by atoms with Gasteiger partial charge in [-0.1, -0.05) is 127 Å². The maximum atomic E-state index is 4.87. The van der Waals surface area contributed by atoms with Crippen molar-refractivity contribution < 1.29 is 0 Å². The highest BCUT2D eigenvalue weighted by molar-refractivity contribution is 7.99. The van der Waals surface area contributed by atoms with Crippen molar-refractivity contribution in [1.29, 1.82) is 0 Å². The minimum atomic E-state index is 1.05. The van der Waals surface area contributed by atoms with E-state index in [0.29, 0.717) is 0 Å². The van der Waals surface area contributed by atoms with Crippen LogP contribution in [0.3, 0.4) is 0 Å². The summed E-state index contributed by atoms with van der Waals surface area (Å²) in [7, 11) is 0. The number of thioether (sulfide) groups is 1. The predicted octanol–water partition coefficient (Wildman–Crippen LogP) is 12.5. The van der Waals surface area contributed by atoms with Gasteiger partial charge < -0.3 is 0 Å². The van der Waals surface area contributed by atoms with Crippen LogP contribution in [0, 0.1) is 6.92 Å². The number of pyridine rings is 3. The van der Waals surface area contributed by atoms with Gasteiger partial charge in [0.1, 0.15) is 0 Å². The van der Waals surface area contributed by atoms with E-state index in [1.807, 2.05) is 17.8 Å². The molecule has 10 aromatic rings. The smallest absolute Gasteiger partial charge is 0.0790 e. The van der Waals surface area contributed by atoms with E-state index in [0.717, 1.165) is 57.4 Å². The van der Waals surface area contributed by atoms with Crippen LogP contribution in [0.1, 0.15) is 16.7 Å². The third-order valence-corrected chi connectivity index (χ3v) is 11.2. The molecular weight excluding hydrogens is 651 g/mol. The van der Waals surface area contributed by atoms with E-state index in [1.165, 1.54) is 59.8 Å². The molecule has 3 aromatic heterocycles. The summed E-state index contributed by atoms with van der Waals surface area (Å²) < 4.78 is 0. The number of nitrogens with zero attached hydrogens (tertiary/aromatic N) is 3. The molecule has 10 rings (SSSR count). The van der Waals surface area contributed by atoms with Crippen LogP contribution in [0.2, 0.25) is 0 Å². The van der Waals surface area contributed by atoms with Crippen LogP contribution >= 0.6 is 11.8 Å². The first-order valence-electron chi connectivity index (χ1n) is 18.0. The van der Waals surface area contributed by atoms with Gasteiger partial charge in [0, 0.05) is 37.7 Å². The first kappa shape index (κ1) is 32.1. The summed E-state index contributed by atoms with van der Waals surface area (Å²) in [6, 6.07) is 55.3. The van der Waals surface area contributed by atoms with Crippen LogP contribution in [-0.4, -0.2) is 26.5 Å². The third kappa shape index (κ3) is 5.99. The van der Waals surface area contributed by atoms with Gasteiger partial charge in [-0.25, -0.2) is 15.0 Å². The van der Waals surface area contributed by atoms with E-state index in [1.54, 1.807) is 0 Å². The Labute approximate surface area is 307 Å². The Balaban J connectivity index is 0.000000160. The van der Waals surface area contributed by atoms with Crippen LogP contribution < -0.4 is 0 Å². The number of fused-ring (bicyclic) bond motifs is 8. The molecule has 0 aliphatic heterocycles. The molecule has 0 fully saturated rings. The first-order valence-corrected chi connectivity index (χ1v) is 19.2. The molecule has 3 heterocycles. The van der Waals surface area contributed by atoms with Crippen molar-refractivity contribution in [2.75, 3.05) is 11.5 Å². The lowest BCUT2D eigenvalue weighted by Gasteiger charge is -2.12. The van der Waals surface area contributed by atoms with Gasteiger partial charge >= 0.3 is 0 Å². The zero-order valence-corrected chi connectivity index (χ0v) is 29.9. The molecule has 0 amide bonds. The molecule has 3 nitrogen and oxygen atoms in total. The first-order chi connectivity index (χ1) is 25.7. The molecule has 0 N–H and O–H groups in total. The highest BCUT2D eigenvalue weighted by atomic mass is 32.2. The lowest BCUT2D eigenvalue weighted by molar-refractivity contribution is 1.15.